The first-order chi connectivity index (χ1) is 4.48. The Hall–Kier alpha value is -0.240. The van der Waals surface area contributed by atoms with Gasteiger partial charge in [-0.2, -0.15) is 0 Å². The molecule has 3 heteroatoms. The molecular formula is C7H13ClO2. The van der Waals surface area contributed by atoms with Crippen LogP contribution in [0.3, 0.4) is 0 Å². The van der Waals surface area contributed by atoms with Gasteiger partial charge >= 0.3 is 5.97 Å². The fourth-order valence-electron chi connectivity index (χ4n) is 0.668. The molecule has 0 amide bonds. The quantitative estimate of drug-likeness (QED) is 0.471. The van der Waals surface area contributed by atoms with Crippen LogP contribution in [0.15, 0.2) is 0 Å². The summed E-state index contributed by atoms with van der Waals surface area (Å²) in [6.07, 6.45) is 0.689. The highest BCUT2D eigenvalue weighted by Crippen LogP contribution is 2.14. The molecule has 0 saturated carbocycles. The van der Waals surface area contributed by atoms with Crippen molar-refractivity contribution in [3.05, 3.63) is 0 Å². The molecule has 0 aromatic heterocycles. The standard InChI is InChI=1S/C7H13ClO2/c1-6(9)10-7(2,3)4-5-8/h4-5H2,1-3H3. The summed E-state index contributed by atoms with van der Waals surface area (Å²) in [5, 5.41) is 0. The minimum atomic E-state index is -0.409. The average molecular weight is 165 g/mol. The van der Waals surface area contributed by atoms with E-state index in [1.165, 1.54) is 6.92 Å². The molecule has 0 aliphatic carbocycles. The summed E-state index contributed by atoms with van der Waals surface area (Å²) >= 11 is 5.48. The maximum atomic E-state index is 10.5. The minimum Gasteiger partial charge on any atom is -0.460 e. The van der Waals surface area contributed by atoms with E-state index in [2.05, 4.69) is 0 Å². The molecule has 0 aromatic rings. The van der Waals surface area contributed by atoms with Gasteiger partial charge in [0.15, 0.2) is 0 Å². The predicted molar refractivity (Wildman–Crippen MR) is 41.2 cm³/mol. The number of carbonyl (C=O) groups is 1. The number of hydrogen-bond acceptors (Lipinski definition) is 2. The third kappa shape index (κ3) is 4.62. The van der Waals surface area contributed by atoms with E-state index in [9.17, 15) is 4.79 Å². The van der Waals surface area contributed by atoms with Crippen molar-refractivity contribution in [1.29, 1.82) is 0 Å². The molecule has 0 fully saturated rings. The van der Waals surface area contributed by atoms with Crippen molar-refractivity contribution in [1.82, 2.24) is 0 Å². The lowest BCUT2D eigenvalue weighted by molar-refractivity contribution is -0.153. The van der Waals surface area contributed by atoms with Gasteiger partial charge in [0.1, 0.15) is 5.60 Å². The van der Waals surface area contributed by atoms with Gasteiger partial charge in [0.2, 0.25) is 0 Å². The van der Waals surface area contributed by atoms with Crippen LogP contribution in [-0.2, 0) is 9.53 Å². The molecule has 2 nitrogen and oxygen atoms in total. The molecule has 60 valence electrons. The summed E-state index contributed by atoms with van der Waals surface area (Å²) in [6, 6.07) is 0. The van der Waals surface area contributed by atoms with E-state index >= 15 is 0 Å². The van der Waals surface area contributed by atoms with E-state index in [0.29, 0.717) is 12.3 Å². The number of ether oxygens (including phenoxy) is 1. The second kappa shape index (κ2) is 3.81. The van der Waals surface area contributed by atoms with Crippen LogP contribution in [0, 0.1) is 0 Å². The predicted octanol–water partition coefficient (Wildman–Crippen LogP) is 1.96. The summed E-state index contributed by atoms with van der Waals surface area (Å²) in [4.78, 5) is 10.5. The Bertz CT molecular complexity index is 121. The van der Waals surface area contributed by atoms with E-state index in [1.807, 2.05) is 13.8 Å². The molecule has 0 saturated heterocycles. The third-order valence-corrected chi connectivity index (χ3v) is 1.31. The summed E-state index contributed by atoms with van der Waals surface area (Å²) in [5.74, 6) is 0.260. The Morgan fingerprint density at radius 2 is 2.10 bits per heavy atom. The van der Waals surface area contributed by atoms with Crippen LogP contribution in [0.1, 0.15) is 27.2 Å². The lowest BCUT2D eigenvalue weighted by Gasteiger charge is -2.22. The molecule has 0 unspecified atom stereocenters. The van der Waals surface area contributed by atoms with Crippen molar-refractivity contribution in [2.24, 2.45) is 0 Å². The van der Waals surface area contributed by atoms with Gasteiger partial charge in [0, 0.05) is 19.2 Å². The first-order valence-electron chi connectivity index (χ1n) is 3.23. The summed E-state index contributed by atoms with van der Waals surface area (Å²) in [6.45, 7) is 5.09. The van der Waals surface area contributed by atoms with E-state index in [0.717, 1.165) is 0 Å². The second-order valence-corrected chi connectivity index (χ2v) is 3.17. The van der Waals surface area contributed by atoms with Gasteiger partial charge in [0.25, 0.3) is 0 Å². The van der Waals surface area contributed by atoms with E-state index < -0.39 is 5.60 Å². The maximum absolute atomic E-state index is 10.5. The van der Waals surface area contributed by atoms with Crippen LogP contribution in [0.2, 0.25) is 0 Å². The first kappa shape index (κ1) is 9.76. The maximum Gasteiger partial charge on any atom is 0.303 e. The summed E-state index contributed by atoms with van der Waals surface area (Å²) in [7, 11) is 0. The van der Waals surface area contributed by atoms with E-state index in [-0.39, 0.29) is 5.97 Å². The van der Waals surface area contributed by atoms with Crippen LogP contribution >= 0.6 is 11.6 Å². The smallest absolute Gasteiger partial charge is 0.303 e. The van der Waals surface area contributed by atoms with Crippen molar-refractivity contribution >= 4 is 17.6 Å². The van der Waals surface area contributed by atoms with E-state index in [1.54, 1.807) is 0 Å². The van der Waals surface area contributed by atoms with Crippen LogP contribution in [-0.4, -0.2) is 17.5 Å². The zero-order chi connectivity index (χ0) is 8.20. The SMILES string of the molecule is CC(=O)OC(C)(C)CCCl. The molecule has 0 aromatic carbocycles. The fraction of sp³-hybridized carbons (Fsp3) is 0.857. The number of halogens is 1. The fourth-order valence-corrected chi connectivity index (χ4v) is 1.12. The van der Waals surface area contributed by atoms with Gasteiger partial charge in [-0.15, -0.1) is 11.6 Å². The van der Waals surface area contributed by atoms with E-state index in [4.69, 9.17) is 16.3 Å². The molecule has 0 heterocycles. The van der Waals surface area contributed by atoms with Crippen molar-refractivity contribution in [2.45, 2.75) is 32.8 Å². The van der Waals surface area contributed by atoms with Crippen LogP contribution in [0.5, 0.6) is 0 Å². The molecule has 10 heavy (non-hydrogen) atoms. The highest BCUT2D eigenvalue weighted by molar-refractivity contribution is 6.17. The lowest BCUT2D eigenvalue weighted by Crippen LogP contribution is -2.27. The van der Waals surface area contributed by atoms with Gasteiger partial charge in [-0.1, -0.05) is 0 Å². The average Bonchev–Trinajstić information content (AvgIpc) is 1.59. The highest BCUT2D eigenvalue weighted by Gasteiger charge is 2.19. The summed E-state index contributed by atoms with van der Waals surface area (Å²) < 4.78 is 4.95. The van der Waals surface area contributed by atoms with Crippen molar-refractivity contribution in [3.63, 3.8) is 0 Å². The number of esters is 1. The zero-order valence-electron chi connectivity index (χ0n) is 6.61. The Labute approximate surface area is 66.5 Å². The topological polar surface area (TPSA) is 26.3 Å². The number of carbonyl (C=O) groups excluding carboxylic acids is 1. The zero-order valence-corrected chi connectivity index (χ0v) is 7.36. The number of rotatable bonds is 3. The van der Waals surface area contributed by atoms with Gasteiger partial charge < -0.3 is 4.74 Å². The molecule has 0 bridgehead atoms. The van der Waals surface area contributed by atoms with Crippen molar-refractivity contribution in [2.75, 3.05) is 5.88 Å². The third-order valence-electron chi connectivity index (χ3n) is 1.12. The first-order valence-corrected chi connectivity index (χ1v) is 3.77. The number of alkyl halides is 1. The summed E-state index contributed by atoms with van der Waals surface area (Å²) in [5.41, 5.74) is -0.409. The van der Waals surface area contributed by atoms with Crippen LogP contribution in [0.4, 0.5) is 0 Å². The molecule has 0 atom stereocenters. The van der Waals surface area contributed by atoms with Crippen molar-refractivity contribution < 1.29 is 9.53 Å². The van der Waals surface area contributed by atoms with Crippen molar-refractivity contribution in [3.8, 4) is 0 Å². The Kier molecular flexibility index (Phi) is 3.72. The molecule has 0 radical (unpaired) electrons. The highest BCUT2D eigenvalue weighted by atomic mass is 35.5. The van der Waals surface area contributed by atoms with Gasteiger partial charge in [-0.05, 0) is 13.8 Å². The molecule has 0 spiro atoms. The molecular weight excluding hydrogens is 152 g/mol. The molecule has 0 rings (SSSR count). The Balaban J connectivity index is 3.74. The van der Waals surface area contributed by atoms with Gasteiger partial charge in [-0.25, -0.2) is 0 Å². The molecule has 0 aliphatic heterocycles. The second-order valence-electron chi connectivity index (χ2n) is 2.79. The monoisotopic (exact) mass is 164 g/mol. The van der Waals surface area contributed by atoms with Gasteiger partial charge in [0.05, 0.1) is 0 Å². The van der Waals surface area contributed by atoms with Gasteiger partial charge in [-0.3, -0.25) is 4.79 Å². The van der Waals surface area contributed by atoms with Crippen LogP contribution in [0.25, 0.3) is 0 Å². The van der Waals surface area contributed by atoms with Crippen LogP contribution < -0.4 is 0 Å². The largest absolute Gasteiger partial charge is 0.460 e. The Morgan fingerprint density at radius 3 is 2.40 bits per heavy atom. The molecule has 0 aliphatic rings. The molecule has 0 N–H and O–H groups in total. The number of hydrogen-bond donors (Lipinski definition) is 0. The lowest BCUT2D eigenvalue weighted by atomic mass is 10.1. The normalized spacial score (nSPS) is 11.2. The Morgan fingerprint density at radius 1 is 1.60 bits per heavy atom. The minimum absolute atomic E-state index is 0.255.